The molecule has 3 rings (SSSR count). The van der Waals surface area contributed by atoms with Crippen LogP contribution in [-0.4, -0.2) is 22.2 Å². The molecule has 0 aliphatic heterocycles. The second kappa shape index (κ2) is 6.05. The molecule has 2 N–H and O–H groups in total. The van der Waals surface area contributed by atoms with Gasteiger partial charge in [0.15, 0.2) is 0 Å². The first-order valence-electron chi connectivity index (χ1n) is 7.61. The molecule has 0 radical (unpaired) electrons. The lowest BCUT2D eigenvalue weighted by molar-refractivity contribution is -0.146. The van der Waals surface area contributed by atoms with E-state index in [-0.39, 0.29) is 11.5 Å². The van der Waals surface area contributed by atoms with Gasteiger partial charge in [0.1, 0.15) is 0 Å². The van der Waals surface area contributed by atoms with Gasteiger partial charge in [0.25, 0.3) is 0 Å². The highest BCUT2D eigenvalue weighted by atomic mass is 79.9. The van der Waals surface area contributed by atoms with E-state index in [1.54, 1.807) is 37.3 Å². The molecule has 0 aromatic heterocycles. The fourth-order valence-corrected chi connectivity index (χ4v) is 4.42. The fourth-order valence-electron chi connectivity index (χ4n) is 3.33. The minimum absolute atomic E-state index is 0.0531. The van der Waals surface area contributed by atoms with Crippen LogP contribution in [0, 0.1) is 11.3 Å². The van der Waals surface area contributed by atoms with E-state index >= 15 is 0 Å². The lowest BCUT2D eigenvalue weighted by Crippen LogP contribution is -2.38. The Labute approximate surface area is 153 Å². The second-order valence-corrected chi connectivity index (χ2v) is 7.65. The maximum Gasteiger partial charge on any atom is 0.333 e. The van der Waals surface area contributed by atoms with Gasteiger partial charge in [-0.15, -0.1) is 0 Å². The molecular weight excluding hydrogens is 396 g/mol. The standard InChI is InChI=1S/C18H16BrClO4/c1-18(17(23)24)8-11(9-6-7-9)15(19)13(16(21)22)14(18)10-4-2-3-5-12(10)20/h2-5,8-9,14H,6-7H2,1H3,(H,21,22)(H,23,24). The number of carboxylic acid groups (broad SMARTS) is 2. The fraction of sp³-hybridized carbons (Fsp3) is 0.333. The summed E-state index contributed by atoms with van der Waals surface area (Å²) in [6, 6.07) is 6.80. The lowest BCUT2D eigenvalue weighted by Gasteiger charge is -2.37. The summed E-state index contributed by atoms with van der Waals surface area (Å²) in [6.45, 7) is 1.56. The summed E-state index contributed by atoms with van der Waals surface area (Å²) >= 11 is 9.69. The predicted molar refractivity (Wildman–Crippen MR) is 94.3 cm³/mol. The summed E-state index contributed by atoms with van der Waals surface area (Å²) in [5.41, 5.74) is -0.0454. The van der Waals surface area contributed by atoms with Crippen molar-refractivity contribution >= 4 is 39.5 Å². The monoisotopic (exact) mass is 410 g/mol. The number of allylic oxidation sites excluding steroid dienone is 2. The van der Waals surface area contributed by atoms with Gasteiger partial charge in [-0.1, -0.05) is 35.9 Å². The summed E-state index contributed by atoms with van der Waals surface area (Å²) in [7, 11) is 0. The minimum atomic E-state index is -1.38. The van der Waals surface area contributed by atoms with E-state index in [1.165, 1.54) is 0 Å². The van der Waals surface area contributed by atoms with Gasteiger partial charge in [0.05, 0.1) is 11.0 Å². The average molecular weight is 412 g/mol. The van der Waals surface area contributed by atoms with Crippen molar-refractivity contribution in [3.63, 3.8) is 0 Å². The van der Waals surface area contributed by atoms with Crippen LogP contribution in [0.4, 0.5) is 0 Å². The normalized spacial score (nSPS) is 27.0. The topological polar surface area (TPSA) is 74.6 Å². The molecule has 2 unspecified atom stereocenters. The van der Waals surface area contributed by atoms with Crippen LogP contribution in [0.25, 0.3) is 0 Å². The summed E-state index contributed by atoms with van der Waals surface area (Å²) in [5, 5.41) is 20.1. The molecule has 126 valence electrons. The van der Waals surface area contributed by atoms with Crippen LogP contribution in [0.2, 0.25) is 5.02 Å². The Balaban J connectivity index is 2.29. The smallest absolute Gasteiger partial charge is 0.333 e. The Bertz CT molecular complexity index is 794. The molecular formula is C18H16BrClO4. The number of hydrogen-bond donors (Lipinski definition) is 2. The second-order valence-electron chi connectivity index (χ2n) is 6.45. The molecule has 4 nitrogen and oxygen atoms in total. The molecule has 6 heteroatoms. The zero-order valence-electron chi connectivity index (χ0n) is 12.9. The third-order valence-corrected chi connectivity index (χ3v) is 5.99. The van der Waals surface area contributed by atoms with Crippen molar-refractivity contribution in [2.24, 2.45) is 11.3 Å². The third-order valence-electron chi connectivity index (χ3n) is 4.76. The van der Waals surface area contributed by atoms with Gasteiger partial charge in [-0.05, 0) is 58.8 Å². The highest BCUT2D eigenvalue weighted by molar-refractivity contribution is 9.12. The van der Waals surface area contributed by atoms with Crippen molar-refractivity contribution < 1.29 is 19.8 Å². The van der Waals surface area contributed by atoms with Crippen LogP contribution in [0.5, 0.6) is 0 Å². The number of carboxylic acids is 2. The quantitative estimate of drug-likeness (QED) is 0.759. The van der Waals surface area contributed by atoms with E-state index in [2.05, 4.69) is 15.9 Å². The first-order chi connectivity index (χ1) is 11.3. The molecule has 0 heterocycles. The van der Waals surface area contributed by atoms with E-state index < -0.39 is 23.3 Å². The molecule has 1 fully saturated rings. The Morgan fingerprint density at radius 1 is 1.25 bits per heavy atom. The summed E-state index contributed by atoms with van der Waals surface area (Å²) in [5.74, 6) is -2.85. The van der Waals surface area contributed by atoms with Crippen molar-refractivity contribution in [1.82, 2.24) is 0 Å². The maximum absolute atomic E-state index is 12.1. The molecule has 2 aliphatic carbocycles. The van der Waals surface area contributed by atoms with Crippen molar-refractivity contribution in [2.75, 3.05) is 0 Å². The zero-order chi connectivity index (χ0) is 17.6. The summed E-state index contributed by atoms with van der Waals surface area (Å²) in [6.07, 6.45) is 3.60. The highest BCUT2D eigenvalue weighted by Crippen LogP contribution is 2.55. The Morgan fingerprint density at radius 2 is 1.88 bits per heavy atom. The largest absolute Gasteiger partial charge is 0.481 e. The van der Waals surface area contributed by atoms with Crippen LogP contribution < -0.4 is 0 Å². The first-order valence-corrected chi connectivity index (χ1v) is 8.78. The average Bonchev–Trinajstić information content (AvgIpc) is 3.34. The third kappa shape index (κ3) is 2.70. The highest BCUT2D eigenvalue weighted by Gasteiger charge is 2.50. The van der Waals surface area contributed by atoms with Gasteiger partial charge in [0.2, 0.25) is 0 Å². The zero-order valence-corrected chi connectivity index (χ0v) is 15.3. The van der Waals surface area contributed by atoms with Gasteiger partial charge < -0.3 is 10.2 Å². The van der Waals surface area contributed by atoms with Crippen molar-refractivity contribution in [2.45, 2.75) is 25.7 Å². The van der Waals surface area contributed by atoms with E-state index in [4.69, 9.17) is 11.6 Å². The van der Waals surface area contributed by atoms with Gasteiger partial charge in [-0.25, -0.2) is 4.79 Å². The molecule has 24 heavy (non-hydrogen) atoms. The molecule has 0 spiro atoms. The van der Waals surface area contributed by atoms with Crippen LogP contribution in [0.15, 0.2) is 46.0 Å². The SMILES string of the molecule is CC1(C(=O)O)C=C(C2CC2)C(Br)=C(C(=O)O)C1c1ccccc1Cl. The molecule has 2 atom stereocenters. The summed E-state index contributed by atoms with van der Waals surface area (Å²) in [4.78, 5) is 24.1. The number of aliphatic carboxylic acids is 2. The first kappa shape index (κ1) is 17.2. The maximum atomic E-state index is 12.1. The molecule has 0 bridgehead atoms. The molecule has 0 amide bonds. The van der Waals surface area contributed by atoms with Gasteiger partial charge in [-0.2, -0.15) is 0 Å². The minimum Gasteiger partial charge on any atom is -0.481 e. The number of hydrogen-bond acceptors (Lipinski definition) is 2. The van der Waals surface area contributed by atoms with Crippen LogP contribution in [-0.2, 0) is 9.59 Å². The van der Waals surface area contributed by atoms with Crippen LogP contribution in [0.1, 0.15) is 31.2 Å². The van der Waals surface area contributed by atoms with Crippen molar-refractivity contribution in [3.8, 4) is 0 Å². The van der Waals surface area contributed by atoms with Gasteiger partial charge in [-0.3, -0.25) is 4.79 Å². The van der Waals surface area contributed by atoms with Crippen molar-refractivity contribution in [3.05, 3.63) is 56.6 Å². The van der Waals surface area contributed by atoms with Gasteiger partial charge >= 0.3 is 11.9 Å². The lowest BCUT2D eigenvalue weighted by atomic mass is 9.65. The molecule has 1 saturated carbocycles. The van der Waals surface area contributed by atoms with Gasteiger partial charge in [0, 0.05) is 15.4 Å². The van der Waals surface area contributed by atoms with E-state index in [9.17, 15) is 19.8 Å². The van der Waals surface area contributed by atoms with Crippen LogP contribution >= 0.6 is 27.5 Å². The number of benzene rings is 1. The predicted octanol–water partition coefficient (Wildman–Crippen LogP) is 4.60. The molecule has 1 aromatic carbocycles. The Kier molecular flexibility index (Phi) is 4.34. The van der Waals surface area contributed by atoms with E-state index in [0.29, 0.717) is 15.1 Å². The molecule has 2 aliphatic rings. The Hall–Kier alpha value is -1.59. The summed E-state index contributed by atoms with van der Waals surface area (Å²) < 4.78 is 0.487. The molecule has 0 saturated heterocycles. The van der Waals surface area contributed by atoms with Crippen LogP contribution in [0.3, 0.4) is 0 Å². The van der Waals surface area contributed by atoms with E-state index in [0.717, 1.165) is 18.4 Å². The molecule has 1 aromatic rings. The van der Waals surface area contributed by atoms with Crippen molar-refractivity contribution in [1.29, 1.82) is 0 Å². The Morgan fingerprint density at radius 3 is 2.38 bits per heavy atom. The number of rotatable bonds is 4. The van der Waals surface area contributed by atoms with E-state index in [1.807, 2.05) is 0 Å². The number of carbonyl (C=O) groups is 2. The number of halogens is 2.